The van der Waals surface area contributed by atoms with Gasteiger partial charge >= 0.3 is 6.03 Å². The number of carbonyl (C=O) groups is 1. The second-order valence-corrected chi connectivity index (χ2v) is 13.6. The van der Waals surface area contributed by atoms with E-state index in [1.165, 1.54) is 24.3 Å². The summed E-state index contributed by atoms with van der Waals surface area (Å²) in [5.74, 6) is 0. The molecule has 0 aliphatic heterocycles. The molecule has 0 spiro atoms. The fourth-order valence-corrected chi connectivity index (χ4v) is 4.86. The summed E-state index contributed by atoms with van der Waals surface area (Å²) in [7, 11) is 0. The molecule has 2 amide bonds. The van der Waals surface area contributed by atoms with Gasteiger partial charge in [0.15, 0.2) is 0 Å². The second-order valence-electron chi connectivity index (χ2n) is 6.34. The lowest BCUT2D eigenvalue weighted by Crippen LogP contribution is -2.58. The molecule has 2 unspecified atom stereocenters. The first-order chi connectivity index (χ1) is 15.5. The van der Waals surface area contributed by atoms with Gasteiger partial charge in [-0.2, -0.15) is 0 Å². The fraction of sp³-hybridized carbons (Fsp3) is 0.235. The molecular weight excluding hydrogens is 702 g/mol. The lowest BCUT2D eigenvalue weighted by atomic mass is 10.3. The first-order valence-electron chi connectivity index (χ1n) is 8.51. The molecule has 0 aromatic heterocycles. The zero-order valence-electron chi connectivity index (χ0n) is 15.9. The van der Waals surface area contributed by atoms with Gasteiger partial charge in [0, 0.05) is 10.0 Å². The Balaban J connectivity index is 2.25. The van der Waals surface area contributed by atoms with Crippen LogP contribution in [0.2, 0.25) is 30.1 Å². The van der Waals surface area contributed by atoms with Gasteiger partial charge < -0.3 is 21.3 Å². The molecule has 0 aliphatic carbocycles. The van der Waals surface area contributed by atoms with E-state index < -0.39 is 25.9 Å². The van der Waals surface area contributed by atoms with E-state index in [4.69, 9.17) is 139 Å². The van der Waals surface area contributed by atoms with E-state index in [1.807, 2.05) is 0 Å². The molecule has 34 heavy (non-hydrogen) atoms. The van der Waals surface area contributed by atoms with Crippen LogP contribution >= 0.6 is 139 Å². The van der Waals surface area contributed by atoms with Crippen LogP contribution in [-0.2, 0) is 0 Å². The van der Waals surface area contributed by atoms with E-state index in [9.17, 15) is 4.79 Å². The van der Waals surface area contributed by atoms with Crippen LogP contribution in [0.25, 0.3) is 0 Å². The van der Waals surface area contributed by atoms with E-state index in [1.54, 1.807) is 0 Å². The molecule has 0 saturated heterocycles. The lowest BCUT2D eigenvalue weighted by molar-refractivity contribution is 0.235. The number of nitrogens with one attached hydrogen (secondary N) is 4. The third-order valence-corrected chi connectivity index (χ3v) is 6.73. The van der Waals surface area contributed by atoms with E-state index >= 15 is 0 Å². The van der Waals surface area contributed by atoms with Crippen molar-refractivity contribution < 1.29 is 4.79 Å². The maximum atomic E-state index is 12.8. The van der Waals surface area contributed by atoms with Crippen molar-refractivity contribution >= 4 is 157 Å². The Morgan fingerprint density at radius 2 is 0.853 bits per heavy atom. The summed E-state index contributed by atoms with van der Waals surface area (Å²) in [6.07, 6.45) is -2.74. The van der Waals surface area contributed by atoms with Crippen molar-refractivity contribution in [1.29, 1.82) is 0 Å². The highest BCUT2D eigenvalue weighted by molar-refractivity contribution is 6.69. The van der Waals surface area contributed by atoms with Gasteiger partial charge in [0.2, 0.25) is 7.59 Å². The highest BCUT2D eigenvalue weighted by atomic mass is 35.6. The van der Waals surface area contributed by atoms with Crippen LogP contribution in [0.15, 0.2) is 24.3 Å². The minimum Gasteiger partial charge on any atom is -0.359 e. The average Bonchev–Trinajstić information content (AvgIpc) is 2.63. The number of urea groups is 1. The highest BCUT2D eigenvalue weighted by Gasteiger charge is 2.38. The summed E-state index contributed by atoms with van der Waals surface area (Å²) < 4.78 is -4.18. The molecule has 0 aliphatic rings. The van der Waals surface area contributed by atoms with E-state index in [0.29, 0.717) is 0 Å². The molecule has 2 aromatic carbocycles. The van der Waals surface area contributed by atoms with Gasteiger partial charge in [-0.25, -0.2) is 4.79 Å². The summed E-state index contributed by atoms with van der Waals surface area (Å²) in [4.78, 5) is 12.8. The monoisotopic (exact) mass is 706 g/mol. The van der Waals surface area contributed by atoms with Gasteiger partial charge in [-0.15, -0.1) is 0 Å². The summed E-state index contributed by atoms with van der Waals surface area (Å²) in [6.45, 7) is 0. The number of halogens is 12. The molecule has 0 bridgehead atoms. The number of rotatable bonds is 6. The predicted octanol–water partition coefficient (Wildman–Crippen LogP) is 9.82. The average molecular weight is 712 g/mol. The summed E-state index contributed by atoms with van der Waals surface area (Å²) in [6, 6.07) is 4.66. The van der Waals surface area contributed by atoms with Gasteiger partial charge in [0.05, 0.1) is 31.5 Å². The van der Waals surface area contributed by atoms with Crippen LogP contribution in [0, 0.1) is 0 Å². The number of alkyl halides is 6. The molecule has 4 N–H and O–H groups in total. The maximum absolute atomic E-state index is 12.8. The lowest BCUT2D eigenvalue weighted by Gasteiger charge is -2.31. The summed E-state index contributed by atoms with van der Waals surface area (Å²) >= 11 is 72.5. The van der Waals surface area contributed by atoms with Crippen molar-refractivity contribution in [2.45, 2.75) is 19.9 Å². The Morgan fingerprint density at radius 3 is 1.09 bits per heavy atom. The SMILES string of the molecule is O=C(NC(Nc1c(Cl)cc(Cl)cc1Cl)C(Cl)(Cl)Cl)NC(Nc1c(Cl)cc(Cl)cc1Cl)C(Cl)(Cl)Cl. The van der Waals surface area contributed by atoms with Gasteiger partial charge in [0.1, 0.15) is 12.3 Å². The van der Waals surface area contributed by atoms with Crippen LogP contribution in [0.5, 0.6) is 0 Å². The topological polar surface area (TPSA) is 65.2 Å². The van der Waals surface area contributed by atoms with Gasteiger partial charge in [0.25, 0.3) is 0 Å². The molecule has 2 atom stereocenters. The predicted molar refractivity (Wildman–Crippen MR) is 150 cm³/mol. The number of amides is 2. The standard InChI is InChI=1S/C17H10Cl12N4O/c18-5-1-7(20)11(8(21)2-5)30-13(16(24,25)26)32-15(34)33-14(17(27,28)29)31-12-9(22)3-6(19)4-10(12)23/h1-4,13-14,30-31H,(H2,32,33,34). The minimum atomic E-state index is -2.09. The Labute approximate surface area is 254 Å². The van der Waals surface area contributed by atoms with Crippen molar-refractivity contribution in [3.05, 3.63) is 54.4 Å². The normalized spacial score (nSPS) is 13.8. The van der Waals surface area contributed by atoms with E-state index in [2.05, 4.69) is 21.3 Å². The Hall–Kier alpha value is 0.790. The summed E-state index contributed by atoms with van der Waals surface area (Å²) in [5, 5.41) is 11.2. The van der Waals surface area contributed by atoms with Crippen molar-refractivity contribution in [2.24, 2.45) is 0 Å². The van der Waals surface area contributed by atoms with Gasteiger partial charge in [-0.1, -0.05) is 139 Å². The van der Waals surface area contributed by atoms with Gasteiger partial charge in [-0.3, -0.25) is 0 Å². The third kappa shape index (κ3) is 8.97. The quantitative estimate of drug-likeness (QED) is 0.178. The molecule has 0 radical (unpaired) electrons. The molecular formula is C17H10Cl12N4O. The van der Waals surface area contributed by atoms with Crippen LogP contribution in [0.1, 0.15) is 0 Å². The Bertz CT molecular complexity index is 928. The number of hydrogen-bond acceptors (Lipinski definition) is 3. The fourth-order valence-electron chi connectivity index (χ4n) is 2.35. The smallest absolute Gasteiger partial charge is 0.318 e. The maximum Gasteiger partial charge on any atom is 0.318 e. The van der Waals surface area contributed by atoms with E-state index in [-0.39, 0.29) is 41.5 Å². The summed E-state index contributed by atoms with van der Waals surface area (Å²) in [5.41, 5.74) is 0.278. The Morgan fingerprint density at radius 1 is 0.588 bits per heavy atom. The van der Waals surface area contributed by atoms with Crippen molar-refractivity contribution in [1.82, 2.24) is 10.6 Å². The van der Waals surface area contributed by atoms with Crippen molar-refractivity contribution in [2.75, 3.05) is 10.6 Å². The van der Waals surface area contributed by atoms with Gasteiger partial charge in [-0.05, 0) is 24.3 Å². The number of anilines is 2. The third-order valence-electron chi connectivity index (χ3n) is 3.80. The second kappa shape index (κ2) is 12.6. The largest absolute Gasteiger partial charge is 0.359 e. The molecule has 0 saturated carbocycles. The molecule has 5 nitrogen and oxygen atoms in total. The zero-order valence-corrected chi connectivity index (χ0v) is 25.0. The first kappa shape index (κ1) is 31.0. The minimum absolute atomic E-state index is 0.104. The number of carbonyl (C=O) groups excluding carboxylic acids is 1. The number of hydrogen-bond donors (Lipinski definition) is 4. The molecule has 2 aromatic rings. The van der Waals surface area contributed by atoms with Crippen LogP contribution in [-0.4, -0.2) is 25.9 Å². The van der Waals surface area contributed by atoms with Crippen LogP contribution in [0.4, 0.5) is 16.2 Å². The molecule has 17 heteroatoms. The Kier molecular flexibility index (Phi) is 11.5. The highest BCUT2D eigenvalue weighted by Crippen LogP contribution is 2.39. The van der Waals surface area contributed by atoms with Crippen LogP contribution in [0.3, 0.4) is 0 Å². The molecule has 0 fully saturated rings. The van der Waals surface area contributed by atoms with Crippen LogP contribution < -0.4 is 21.3 Å². The first-order valence-corrected chi connectivity index (χ1v) is 13.0. The van der Waals surface area contributed by atoms with Crippen molar-refractivity contribution in [3.8, 4) is 0 Å². The molecule has 2 rings (SSSR count). The van der Waals surface area contributed by atoms with Crippen molar-refractivity contribution in [3.63, 3.8) is 0 Å². The molecule has 0 heterocycles. The van der Waals surface area contributed by atoms with E-state index in [0.717, 1.165) is 0 Å². The number of benzene rings is 2. The molecule has 188 valence electrons. The zero-order chi connectivity index (χ0) is 26.0.